The van der Waals surface area contributed by atoms with Gasteiger partial charge in [0.15, 0.2) is 24.2 Å². The number of nitrogens with one attached hydrogen (secondary N) is 2. The van der Waals surface area contributed by atoms with E-state index in [1.807, 2.05) is 191 Å². The Morgan fingerprint density at radius 1 is 0.454 bits per heavy atom. The Hall–Kier alpha value is -6.93. The molecule has 8 atom stereocenters. The molecule has 4 unspecified atom stereocenters. The zero-order valence-electron chi connectivity index (χ0n) is 55.4. The smallest absolute Gasteiger partial charge is 0.231 e. The molecular weight excluding hydrogens is 1570 g/mol. The molecule has 508 valence electrons. The minimum Gasteiger partial charge on any atom is -0.387 e. The number of fused-ring (bicyclic) bond motifs is 2. The summed E-state index contributed by atoms with van der Waals surface area (Å²) in [7, 11) is 0. The number of isocyanates is 2. The summed E-state index contributed by atoms with van der Waals surface area (Å²) < 4.78 is 69.3. The maximum absolute atomic E-state index is 14.1. The number of ether oxygens (including phenoxy) is 6. The molecule has 13 rings (SSSR count). The van der Waals surface area contributed by atoms with Gasteiger partial charge in [-0.3, -0.25) is 0 Å². The third-order valence-electron chi connectivity index (χ3n) is 15.7. The van der Waals surface area contributed by atoms with Crippen molar-refractivity contribution < 1.29 is 57.0 Å². The maximum Gasteiger partial charge on any atom is 0.231 e. The fraction of sp³-hybridized carbons (Fsp3) is 0.282. The van der Waals surface area contributed by atoms with Gasteiger partial charge in [-0.05, 0) is 139 Å². The second-order valence-electron chi connectivity index (χ2n) is 23.8. The molecule has 4 fully saturated rings. The molecule has 0 saturated carbocycles. The van der Waals surface area contributed by atoms with Crippen LogP contribution < -0.4 is 0 Å². The summed E-state index contributed by atoms with van der Waals surface area (Å²) in [4.78, 5) is 18.7. The van der Waals surface area contributed by atoms with Gasteiger partial charge >= 0.3 is 0 Å². The minimum absolute atomic E-state index is 0.137. The third-order valence-corrected chi connectivity index (χ3v) is 15.7. The number of hydrogen-bond donors (Lipinski definition) is 4. The molecule has 2 aromatic heterocycles. The number of rotatable bonds is 12. The van der Waals surface area contributed by atoms with E-state index in [1.165, 1.54) is 26.7 Å². The molecule has 0 spiro atoms. The van der Waals surface area contributed by atoms with Gasteiger partial charge < -0.3 is 47.8 Å². The first kappa shape index (κ1) is 77.4. The quantitative estimate of drug-likeness (QED) is 0.0397. The van der Waals surface area contributed by atoms with Crippen molar-refractivity contribution in [1.29, 1.82) is 10.8 Å². The molecule has 97 heavy (non-hydrogen) atoms. The number of nitrogens with zero attached hydrogens (tertiary/aromatic N) is 2. The fourth-order valence-corrected chi connectivity index (χ4v) is 12.1. The van der Waals surface area contributed by atoms with E-state index in [0.29, 0.717) is 0 Å². The van der Waals surface area contributed by atoms with E-state index in [-0.39, 0.29) is 23.5 Å². The van der Waals surface area contributed by atoms with Gasteiger partial charge in [-0.1, -0.05) is 253 Å². The molecule has 4 N–H and O–H groups in total. The number of benzene rings is 7. The molecule has 14 nitrogen and oxygen atoms in total. The largest absolute Gasteiger partial charge is 0.387 e. The van der Waals surface area contributed by atoms with Gasteiger partial charge in [0, 0.05) is 46.0 Å². The molecule has 9 aromatic rings. The number of aromatic nitrogens is 2. The van der Waals surface area contributed by atoms with E-state index in [1.54, 1.807) is 0 Å². The summed E-state index contributed by atoms with van der Waals surface area (Å²) in [6.07, 6.45) is 3.79. The molecule has 7 aromatic carbocycles. The van der Waals surface area contributed by atoms with Crippen LogP contribution in [0, 0.1) is 22.5 Å². The summed E-state index contributed by atoms with van der Waals surface area (Å²) in [5.74, 6) is -1.91. The average molecular weight is 1650 g/mol. The number of alkyl halides is 3. The monoisotopic (exact) mass is 1650 g/mol. The summed E-state index contributed by atoms with van der Waals surface area (Å²) in [5.41, 5.74) is 14.5. The Balaban J connectivity index is 0.000000221. The lowest BCUT2D eigenvalue weighted by atomic mass is 9.91. The van der Waals surface area contributed by atoms with Crippen LogP contribution in [-0.4, -0.2) is 99.6 Å². The van der Waals surface area contributed by atoms with Crippen molar-refractivity contribution in [2.75, 3.05) is 7.36 Å². The molecule has 4 aliphatic heterocycles. The van der Waals surface area contributed by atoms with Crippen molar-refractivity contribution in [3.8, 4) is 67.0 Å². The summed E-state index contributed by atoms with van der Waals surface area (Å²) in [5, 5.41) is 32.9. The van der Waals surface area contributed by atoms with Gasteiger partial charge in [-0.15, -0.1) is 0 Å². The highest BCUT2D eigenvalue weighted by molar-refractivity contribution is 14.2. The highest BCUT2D eigenvalue weighted by atomic mass is 127. The van der Waals surface area contributed by atoms with Crippen LogP contribution in [0.15, 0.2) is 218 Å². The first-order chi connectivity index (χ1) is 46.7. The van der Waals surface area contributed by atoms with Gasteiger partial charge in [-0.25, -0.2) is 29.2 Å². The van der Waals surface area contributed by atoms with Crippen molar-refractivity contribution in [2.24, 2.45) is 0 Å². The molecule has 4 saturated heterocycles. The summed E-state index contributed by atoms with van der Waals surface area (Å²) in [6, 6.07) is 66.5. The van der Waals surface area contributed by atoms with E-state index < -0.39 is 60.8 Å². The van der Waals surface area contributed by atoms with E-state index in [4.69, 9.17) is 48.8 Å². The summed E-state index contributed by atoms with van der Waals surface area (Å²) >= 11 is 6.70. The van der Waals surface area contributed by atoms with Crippen LogP contribution in [0.25, 0.3) is 79.4 Å². The lowest BCUT2D eigenvalue weighted by Gasteiger charge is -2.21. The predicted octanol–water partition coefficient (Wildman–Crippen LogP) is 19.3. The molecule has 6 heterocycles. The number of aliphatic hydroxyl groups is 2. The molecule has 0 radical (unpaired) electrons. The maximum atomic E-state index is 14.1. The number of aliphatic hydroxyl groups excluding tert-OH is 2. The number of carbonyl (C=O) groups excluding carboxylic acids is 2. The van der Waals surface area contributed by atoms with Gasteiger partial charge in [-0.2, -0.15) is 0 Å². The van der Waals surface area contributed by atoms with Gasteiger partial charge in [0.05, 0.1) is 13.8 Å². The highest BCUT2D eigenvalue weighted by Crippen LogP contribution is 2.50. The molecular formula is C78H81F2I3N4O10. The topological polar surface area (TPSA) is 188 Å². The molecule has 19 heteroatoms. The SMILES string of the molecule is CC(C)c1c(-c2ccccc2)c(-c2ccccc2)c(-c2ccc(F)cc2)n1/C=C/[C@H]1OC2OC(C)(C)OC2[C@H]1O.CC(C)c1c(-c2ccccc2)c(-c2ccccc2)c(-c2ccc(F)cc2)n1/C=C/[C@H]1OC2OC(C)(C)OC2[C@H]1O.CI.ICI.N=C=O.N=C=O.c1ccccc1. The van der Waals surface area contributed by atoms with Crippen LogP contribution in [-0.2, 0) is 38.0 Å². The number of halogens is 5. The van der Waals surface area contributed by atoms with Crippen LogP contribution >= 0.6 is 67.8 Å². The molecule has 4 aliphatic rings. The average Bonchev–Trinajstić information content (AvgIpc) is 1.60. The third kappa shape index (κ3) is 19.7. The Kier molecular flexibility index (Phi) is 29.8. The zero-order chi connectivity index (χ0) is 70.4. The Morgan fingerprint density at radius 2 is 0.701 bits per heavy atom. The van der Waals surface area contributed by atoms with Crippen LogP contribution in [0.2, 0.25) is 0 Å². The lowest BCUT2D eigenvalue weighted by molar-refractivity contribution is -0.209. The van der Waals surface area contributed by atoms with Crippen LogP contribution in [0.3, 0.4) is 0 Å². The predicted molar refractivity (Wildman–Crippen MR) is 406 cm³/mol. The van der Waals surface area contributed by atoms with Crippen molar-refractivity contribution in [3.05, 3.63) is 241 Å². The van der Waals surface area contributed by atoms with Crippen LogP contribution in [0.5, 0.6) is 0 Å². The Bertz CT molecular complexity index is 3740. The molecule has 0 amide bonds. The first-order valence-electron chi connectivity index (χ1n) is 31.3. The van der Waals surface area contributed by atoms with Crippen molar-refractivity contribution >= 4 is 92.3 Å². The van der Waals surface area contributed by atoms with E-state index in [2.05, 4.69) is 153 Å². The fourth-order valence-electron chi connectivity index (χ4n) is 12.1. The first-order valence-corrected chi connectivity index (χ1v) is 36.5. The summed E-state index contributed by atoms with van der Waals surface area (Å²) in [6.45, 7) is 15.9. The van der Waals surface area contributed by atoms with E-state index >= 15 is 0 Å². The standard InChI is InChI=1S/2C34H34FNO4.C6H6.CH2I2.CH3I.2CHNO/c2*1-21(2)29-27(22-11-7-5-8-12-22)28(23-13-9-6-10-14-23)30(24-15-17-25(35)18-16-24)36(29)20-19-26-31(37)32-33(38-26)40-34(3,4)39-32;1-2-4-6-5-3-1;2-1-3;1-2;2*2-1-3/h2*5-21,26,31-33,37H,1-4H3;1-6H;1H2;1H3;2*2H/b2*20-19+;;;;;/t2*26-,31+,32?,33?;;;;;/m11...../s1. The van der Waals surface area contributed by atoms with Gasteiger partial charge in [0.1, 0.15) is 48.3 Å². The van der Waals surface area contributed by atoms with Gasteiger partial charge in [0.25, 0.3) is 0 Å². The van der Waals surface area contributed by atoms with Crippen molar-refractivity contribution in [1.82, 2.24) is 9.13 Å². The number of hydrogen-bond acceptors (Lipinski definition) is 12. The van der Waals surface area contributed by atoms with Crippen LogP contribution in [0.1, 0.15) is 78.6 Å². The van der Waals surface area contributed by atoms with E-state index in [9.17, 15) is 19.0 Å². The lowest BCUT2D eigenvalue weighted by Crippen LogP contribution is -2.33. The van der Waals surface area contributed by atoms with Crippen molar-refractivity contribution in [3.63, 3.8) is 0 Å². The van der Waals surface area contributed by atoms with Gasteiger partial charge in [0.2, 0.25) is 12.2 Å². The zero-order valence-corrected chi connectivity index (χ0v) is 61.8. The van der Waals surface area contributed by atoms with Crippen molar-refractivity contribution in [2.45, 2.75) is 128 Å². The Labute approximate surface area is 608 Å². The normalized spacial score (nSPS) is 20.5. The second kappa shape index (κ2) is 37.3. The molecule has 0 bridgehead atoms. The highest BCUT2D eigenvalue weighted by Gasteiger charge is 2.55. The molecule has 0 aliphatic carbocycles. The van der Waals surface area contributed by atoms with E-state index in [0.717, 1.165) is 90.6 Å². The minimum atomic E-state index is -0.877. The second-order valence-corrected chi connectivity index (χ2v) is 28.2. The van der Waals surface area contributed by atoms with Crippen LogP contribution in [0.4, 0.5) is 8.78 Å². The Morgan fingerprint density at radius 3 is 0.948 bits per heavy atom.